The number of anilines is 1. The van der Waals surface area contributed by atoms with Crippen molar-refractivity contribution in [3.05, 3.63) is 29.8 Å². The highest BCUT2D eigenvalue weighted by Crippen LogP contribution is 2.25. The maximum absolute atomic E-state index is 9.74. The number of aliphatic hydroxyl groups excluding tert-OH is 1. The predicted molar refractivity (Wildman–Crippen MR) is 80.5 cm³/mol. The van der Waals surface area contributed by atoms with Crippen molar-refractivity contribution in [2.24, 2.45) is 0 Å². The molecule has 0 spiro atoms. The molecule has 0 aromatic heterocycles. The van der Waals surface area contributed by atoms with E-state index in [1.54, 1.807) is 0 Å². The fraction of sp³-hybridized carbons (Fsp3) is 0.625. The Morgan fingerprint density at radius 3 is 2.63 bits per heavy atom. The molecule has 1 aliphatic rings. The number of hydrogen-bond donors (Lipinski definition) is 1. The molecule has 1 aromatic rings. The van der Waals surface area contributed by atoms with Gasteiger partial charge < -0.3 is 10.0 Å². The fourth-order valence-electron chi connectivity index (χ4n) is 2.76. The van der Waals surface area contributed by atoms with Gasteiger partial charge in [0.25, 0.3) is 0 Å². The summed E-state index contributed by atoms with van der Waals surface area (Å²) in [5.41, 5.74) is 2.74. The topological polar surface area (TPSA) is 26.7 Å². The molecule has 1 aromatic carbocycles. The Morgan fingerprint density at radius 1 is 1.26 bits per heavy atom. The molecule has 1 saturated heterocycles. The Morgan fingerprint density at radius 2 is 1.95 bits per heavy atom. The zero-order chi connectivity index (χ0) is 13.7. The number of para-hydroxylation sites is 1. The molecule has 0 bridgehead atoms. The van der Waals surface area contributed by atoms with Gasteiger partial charge in [0, 0.05) is 31.9 Å². The highest BCUT2D eigenvalue weighted by atomic mass is 16.3. The van der Waals surface area contributed by atoms with Crippen LogP contribution in [-0.2, 0) is 6.54 Å². The van der Waals surface area contributed by atoms with Crippen LogP contribution in [-0.4, -0.2) is 42.8 Å². The van der Waals surface area contributed by atoms with E-state index in [0.29, 0.717) is 0 Å². The minimum Gasteiger partial charge on any atom is -0.392 e. The SMILES string of the molecule is CCC(O)CN(C)Cc1ccccc1N1CCCC1. The van der Waals surface area contributed by atoms with E-state index in [1.807, 2.05) is 6.92 Å². The summed E-state index contributed by atoms with van der Waals surface area (Å²) in [5.74, 6) is 0. The van der Waals surface area contributed by atoms with Crippen LogP contribution >= 0.6 is 0 Å². The van der Waals surface area contributed by atoms with E-state index in [1.165, 1.54) is 37.2 Å². The van der Waals surface area contributed by atoms with Gasteiger partial charge in [0.05, 0.1) is 6.10 Å². The molecular formula is C16H26N2O. The van der Waals surface area contributed by atoms with Crippen LogP contribution in [0.25, 0.3) is 0 Å². The van der Waals surface area contributed by atoms with Crippen molar-refractivity contribution in [2.75, 3.05) is 31.6 Å². The van der Waals surface area contributed by atoms with E-state index in [9.17, 15) is 5.11 Å². The first-order valence-corrected chi connectivity index (χ1v) is 7.40. The number of likely N-dealkylation sites (N-methyl/N-ethyl adjacent to an activating group) is 1. The Bertz CT molecular complexity index is 388. The summed E-state index contributed by atoms with van der Waals surface area (Å²) in [7, 11) is 2.08. The zero-order valence-electron chi connectivity index (χ0n) is 12.2. The van der Waals surface area contributed by atoms with Gasteiger partial charge in [0.1, 0.15) is 0 Å². The summed E-state index contributed by atoms with van der Waals surface area (Å²) in [4.78, 5) is 4.70. The van der Waals surface area contributed by atoms with Crippen LogP contribution in [0, 0.1) is 0 Å². The molecule has 0 aliphatic carbocycles. The Labute approximate surface area is 116 Å². The van der Waals surface area contributed by atoms with Gasteiger partial charge in [-0.2, -0.15) is 0 Å². The van der Waals surface area contributed by atoms with Crippen molar-refractivity contribution < 1.29 is 5.11 Å². The minimum atomic E-state index is -0.219. The van der Waals surface area contributed by atoms with Crippen molar-refractivity contribution >= 4 is 5.69 Å². The van der Waals surface area contributed by atoms with Gasteiger partial charge in [0.15, 0.2) is 0 Å². The number of benzene rings is 1. The molecule has 1 N–H and O–H groups in total. The van der Waals surface area contributed by atoms with Crippen LogP contribution in [0.5, 0.6) is 0 Å². The molecule has 0 saturated carbocycles. The van der Waals surface area contributed by atoms with Crippen molar-refractivity contribution in [1.29, 1.82) is 0 Å². The summed E-state index contributed by atoms with van der Waals surface area (Å²) in [6.45, 7) is 6.03. The third-order valence-corrected chi connectivity index (χ3v) is 3.87. The molecule has 1 atom stereocenters. The molecule has 0 amide bonds. The van der Waals surface area contributed by atoms with E-state index < -0.39 is 0 Å². The second-order valence-corrected chi connectivity index (χ2v) is 5.58. The summed E-state index contributed by atoms with van der Waals surface area (Å²) in [6.07, 6.45) is 3.21. The Balaban J connectivity index is 2.03. The van der Waals surface area contributed by atoms with Crippen LogP contribution in [0.2, 0.25) is 0 Å². The molecule has 106 valence electrons. The molecule has 19 heavy (non-hydrogen) atoms. The summed E-state index contributed by atoms with van der Waals surface area (Å²) in [6, 6.07) is 8.67. The quantitative estimate of drug-likeness (QED) is 0.853. The number of hydrogen-bond acceptors (Lipinski definition) is 3. The van der Waals surface area contributed by atoms with E-state index in [-0.39, 0.29) is 6.10 Å². The van der Waals surface area contributed by atoms with Crippen LogP contribution in [0.15, 0.2) is 24.3 Å². The van der Waals surface area contributed by atoms with E-state index in [2.05, 4.69) is 41.1 Å². The molecule has 3 heteroatoms. The number of rotatable bonds is 6. The van der Waals surface area contributed by atoms with Gasteiger partial charge in [-0.1, -0.05) is 25.1 Å². The van der Waals surface area contributed by atoms with Gasteiger partial charge in [0.2, 0.25) is 0 Å². The van der Waals surface area contributed by atoms with Crippen molar-refractivity contribution in [1.82, 2.24) is 4.90 Å². The monoisotopic (exact) mass is 262 g/mol. The highest BCUT2D eigenvalue weighted by molar-refractivity contribution is 5.54. The second-order valence-electron chi connectivity index (χ2n) is 5.58. The average molecular weight is 262 g/mol. The standard InChI is InChI=1S/C16H26N2O/c1-3-15(19)13-17(2)12-14-8-4-5-9-16(14)18-10-6-7-11-18/h4-5,8-9,15,19H,3,6-7,10-13H2,1-2H3. The van der Waals surface area contributed by atoms with Crippen molar-refractivity contribution in [2.45, 2.75) is 38.8 Å². The molecule has 1 fully saturated rings. The van der Waals surface area contributed by atoms with Crippen LogP contribution in [0.3, 0.4) is 0 Å². The summed E-state index contributed by atoms with van der Waals surface area (Å²) in [5, 5.41) is 9.74. The fourth-order valence-corrected chi connectivity index (χ4v) is 2.76. The van der Waals surface area contributed by atoms with Crippen LogP contribution in [0.4, 0.5) is 5.69 Å². The molecule has 0 radical (unpaired) electrons. The smallest absolute Gasteiger partial charge is 0.0664 e. The van der Waals surface area contributed by atoms with Crippen molar-refractivity contribution in [3.8, 4) is 0 Å². The predicted octanol–water partition coefficient (Wildman–Crippen LogP) is 2.49. The average Bonchev–Trinajstić information content (AvgIpc) is 2.93. The largest absolute Gasteiger partial charge is 0.392 e. The first-order valence-electron chi connectivity index (χ1n) is 7.40. The van der Waals surface area contributed by atoms with Gasteiger partial charge >= 0.3 is 0 Å². The van der Waals surface area contributed by atoms with Crippen molar-refractivity contribution in [3.63, 3.8) is 0 Å². The number of aliphatic hydroxyl groups is 1. The lowest BCUT2D eigenvalue weighted by Gasteiger charge is -2.25. The third-order valence-electron chi connectivity index (χ3n) is 3.87. The molecular weight excluding hydrogens is 236 g/mol. The molecule has 2 rings (SSSR count). The maximum Gasteiger partial charge on any atom is 0.0664 e. The molecule has 1 unspecified atom stereocenters. The van der Waals surface area contributed by atoms with E-state index >= 15 is 0 Å². The highest BCUT2D eigenvalue weighted by Gasteiger charge is 2.16. The molecule has 3 nitrogen and oxygen atoms in total. The summed E-state index contributed by atoms with van der Waals surface area (Å²) < 4.78 is 0. The van der Waals surface area contributed by atoms with Gasteiger partial charge in [-0.3, -0.25) is 4.90 Å². The third kappa shape index (κ3) is 3.95. The Hall–Kier alpha value is -1.06. The van der Waals surface area contributed by atoms with Gasteiger partial charge in [-0.15, -0.1) is 0 Å². The summed E-state index contributed by atoms with van der Waals surface area (Å²) >= 11 is 0. The lowest BCUT2D eigenvalue weighted by atomic mass is 10.1. The number of nitrogens with zero attached hydrogens (tertiary/aromatic N) is 2. The maximum atomic E-state index is 9.74. The van der Waals surface area contributed by atoms with E-state index in [4.69, 9.17) is 0 Å². The first kappa shape index (κ1) is 14.4. The lowest BCUT2D eigenvalue weighted by Crippen LogP contribution is -2.29. The first-order chi connectivity index (χ1) is 9.20. The molecule has 1 aliphatic heterocycles. The van der Waals surface area contributed by atoms with Crippen LogP contribution < -0.4 is 4.90 Å². The lowest BCUT2D eigenvalue weighted by molar-refractivity contribution is 0.119. The van der Waals surface area contributed by atoms with E-state index in [0.717, 1.165) is 19.5 Å². The Kier molecular flexibility index (Phi) is 5.23. The zero-order valence-corrected chi connectivity index (χ0v) is 12.2. The van der Waals surface area contributed by atoms with Gasteiger partial charge in [-0.25, -0.2) is 0 Å². The molecule has 1 heterocycles. The second kappa shape index (κ2) is 6.92. The minimum absolute atomic E-state index is 0.219. The normalized spacial score (nSPS) is 17.2. The van der Waals surface area contributed by atoms with Gasteiger partial charge in [-0.05, 0) is 37.9 Å². The van der Waals surface area contributed by atoms with Crippen LogP contribution in [0.1, 0.15) is 31.7 Å².